The molecule has 0 amide bonds. The Bertz CT molecular complexity index is 486. The molecule has 0 fully saturated rings. The maximum absolute atomic E-state index is 4.34. The summed E-state index contributed by atoms with van der Waals surface area (Å²) in [4.78, 5) is 4.34. The highest BCUT2D eigenvalue weighted by atomic mass is 79.9. The first-order valence-electron chi connectivity index (χ1n) is 5.60. The number of nitrogens with zero attached hydrogens (tertiary/aromatic N) is 4. The Labute approximate surface area is 122 Å². The fraction of sp³-hybridized carbons (Fsp3) is 0.364. The number of hydrogen-bond donors (Lipinski definition) is 1. The Morgan fingerprint density at radius 2 is 2.22 bits per heavy atom. The van der Waals surface area contributed by atoms with Crippen molar-refractivity contribution in [1.29, 1.82) is 0 Å². The van der Waals surface area contributed by atoms with Gasteiger partial charge in [-0.1, -0.05) is 5.21 Å². The summed E-state index contributed by atoms with van der Waals surface area (Å²) >= 11 is 6.88. The Balaban J connectivity index is 1.69. The van der Waals surface area contributed by atoms with E-state index in [1.54, 1.807) is 12.4 Å². The summed E-state index contributed by atoms with van der Waals surface area (Å²) in [6, 6.07) is 2.00. The van der Waals surface area contributed by atoms with Gasteiger partial charge < -0.3 is 5.32 Å². The molecule has 2 heterocycles. The molecule has 18 heavy (non-hydrogen) atoms. The first-order valence-corrected chi connectivity index (χ1v) is 7.19. The zero-order valence-corrected chi connectivity index (χ0v) is 12.9. The Kier molecular flexibility index (Phi) is 5.27. The van der Waals surface area contributed by atoms with E-state index in [1.165, 1.54) is 0 Å². The van der Waals surface area contributed by atoms with E-state index in [0.717, 1.165) is 40.7 Å². The van der Waals surface area contributed by atoms with Crippen molar-refractivity contribution in [3.8, 4) is 0 Å². The lowest BCUT2D eigenvalue weighted by molar-refractivity contribution is 0.528. The van der Waals surface area contributed by atoms with Gasteiger partial charge in [0.15, 0.2) is 0 Å². The van der Waals surface area contributed by atoms with Crippen LogP contribution in [0.2, 0.25) is 0 Å². The second-order valence-electron chi connectivity index (χ2n) is 3.78. The Morgan fingerprint density at radius 1 is 1.33 bits per heavy atom. The molecule has 0 radical (unpaired) electrons. The van der Waals surface area contributed by atoms with Crippen LogP contribution in [0, 0.1) is 0 Å². The molecule has 0 spiro atoms. The average molecular weight is 375 g/mol. The smallest absolute Gasteiger partial charge is 0.0692 e. The van der Waals surface area contributed by atoms with Crippen molar-refractivity contribution < 1.29 is 0 Å². The highest BCUT2D eigenvalue weighted by molar-refractivity contribution is 9.11. The molecule has 7 heteroatoms. The first-order chi connectivity index (χ1) is 8.75. The Morgan fingerprint density at radius 3 is 2.94 bits per heavy atom. The number of nitrogens with one attached hydrogen (secondary N) is 1. The van der Waals surface area contributed by atoms with Gasteiger partial charge in [-0.25, -0.2) is 0 Å². The fourth-order valence-electron chi connectivity index (χ4n) is 1.50. The van der Waals surface area contributed by atoms with E-state index >= 15 is 0 Å². The van der Waals surface area contributed by atoms with Gasteiger partial charge in [0.05, 0.1) is 11.9 Å². The van der Waals surface area contributed by atoms with Crippen molar-refractivity contribution in [2.75, 3.05) is 6.54 Å². The molecule has 2 rings (SSSR count). The lowest BCUT2D eigenvalue weighted by Crippen LogP contribution is -2.17. The van der Waals surface area contributed by atoms with Gasteiger partial charge in [-0.3, -0.25) is 9.67 Å². The second kappa shape index (κ2) is 6.96. The van der Waals surface area contributed by atoms with E-state index in [0.29, 0.717) is 0 Å². The average Bonchev–Trinajstić information content (AvgIpc) is 2.84. The number of halogens is 2. The summed E-state index contributed by atoms with van der Waals surface area (Å²) < 4.78 is 3.82. The quantitative estimate of drug-likeness (QED) is 0.788. The van der Waals surface area contributed by atoms with Crippen molar-refractivity contribution >= 4 is 31.9 Å². The van der Waals surface area contributed by atoms with Gasteiger partial charge in [0.2, 0.25) is 0 Å². The van der Waals surface area contributed by atoms with Crippen LogP contribution < -0.4 is 5.32 Å². The normalized spacial score (nSPS) is 10.8. The molecule has 0 bridgehead atoms. The minimum Gasteiger partial charge on any atom is -0.311 e. The molecule has 0 aromatic carbocycles. The molecule has 0 aliphatic carbocycles. The van der Waals surface area contributed by atoms with Crippen LogP contribution in [0.1, 0.15) is 12.1 Å². The van der Waals surface area contributed by atoms with E-state index in [-0.39, 0.29) is 0 Å². The van der Waals surface area contributed by atoms with Crippen LogP contribution in [0.15, 0.2) is 33.6 Å². The van der Waals surface area contributed by atoms with Gasteiger partial charge in [-0.05, 0) is 50.9 Å². The predicted molar refractivity (Wildman–Crippen MR) is 76.0 cm³/mol. The summed E-state index contributed by atoms with van der Waals surface area (Å²) in [6.07, 6.45) is 6.37. The standard InChI is InChI=1S/C11H13Br2N5/c12-9-6-10(13)11(15-7-9)8-14-2-1-4-18-5-3-16-17-18/h3,5-7,14H,1-2,4,8H2. The molecular formula is C11H13Br2N5. The molecule has 0 atom stereocenters. The third-order valence-corrected chi connectivity index (χ3v) is 3.51. The lowest BCUT2D eigenvalue weighted by atomic mass is 10.3. The van der Waals surface area contributed by atoms with Gasteiger partial charge in [0.1, 0.15) is 0 Å². The topological polar surface area (TPSA) is 55.6 Å². The lowest BCUT2D eigenvalue weighted by Gasteiger charge is -2.06. The summed E-state index contributed by atoms with van der Waals surface area (Å²) in [5.41, 5.74) is 1.01. The van der Waals surface area contributed by atoms with Crippen LogP contribution >= 0.6 is 31.9 Å². The van der Waals surface area contributed by atoms with Crippen molar-refractivity contribution in [2.24, 2.45) is 0 Å². The highest BCUT2D eigenvalue weighted by Crippen LogP contribution is 2.19. The number of hydrogen-bond acceptors (Lipinski definition) is 4. The van der Waals surface area contributed by atoms with E-state index < -0.39 is 0 Å². The van der Waals surface area contributed by atoms with Crippen LogP contribution in [-0.4, -0.2) is 26.5 Å². The SMILES string of the molecule is Brc1cnc(CNCCCn2ccnn2)c(Br)c1. The third kappa shape index (κ3) is 4.15. The van der Waals surface area contributed by atoms with Crippen LogP contribution in [0.25, 0.3) is 0 Å². The molecule has 0 aliphatic heterocycles. The second-order valence-corrected chi connectivity index (χ2v) is 5.55. The van der Waals surface area contributed by atoms with Gasteiger partial charge in [0.25, 0.3) is 0 Å². The summed E-state index contributed by atoms with van der Waals surface area (Å²) in [5, 5.41) is 11.0. The van der Waals surface area contributed by atoms with Crippen molar-refractivity contribution in [1.82, 2.24) is 25.3 Å². The summed E-state index contributed by atoms with van der Waals surface area (Å²) in [7, 11) is 0. The van der Waals surface area contributed by atoms with E-state index in [9.17, 15) is 0 Å². The van der Waals surface area contributed by atoms with Gasteiger partial charge in [-0.15, -0.1) is 5.10 Å². The van der Waals surface area contributed by atoms with Gasteiger partial charge in [0, 0.05) is 34.4 Å². The zero-order valence-electron chi connectivity index (χ0n) is 9.68. The molecule has 0 saturated carbocycles. The van der Waals surface area contributed by atoms with E-state index in [1.807, 2.05) is 16.9 Å². The summed E-state index contributed by atoms with van der Waals surface area (Å²) in [5.74, 6) is 0. The molecule has 96 valence electrons. The number of pyridine rings is 1. The molecule has 2 aromatic rings. The molecule has 0 aliphatic rings. The van der Waals surface area contributed by atoms with Crippen LogP contribution in [0.4, 0.5) is 0 Å². The van der Waals surface area contributed by atoms with Crippen LogP contribution in [0.3, 0.4) is 0 Å². The van der Waals surface area contributed by atoms with Crippen molar-refractivity contribution in [2.45, 2.75) is 19.5 Å². The molecular weight excluding hydrogens is 362 g/mol. The van der Waals surface area contributed by atoms with Crippen LogP contribution in [-0.2, 0) is 13.1 Å². The van der Waals surface area contributed by atoms with Gasteiger partial charge in [-0.2, -0.15) is 0 Å². The van der Waals surface area contributed by atoms with Gasteiger partial charge >= 0.3 is 0 Å². The highest BCUT2D eigenvalue weighted by Gasteiger charge is 2.01. The maximum atomic E-state index is 4.34. The van der Waals surface area contributed by atoms with Crippen LogP contribution in [0.5, 0.6) is 0 Å². The van der Waals surface area contributed by atoms with Crippen molar-refractivity contribution in [3.63, 3.8) is 0 Å². The van der Waals surface area contributed by atoms with Crippen molar-refractivity contribution in [3.05, 3.63) is 39.3 Å². The monoisotopic (exact) mass is 373 g/mol. The number of aryl methyl sites for hydroxylation is 1. The molecule has 0 unspecified atom stereocenters. The minimum atomic E-state index is 0.755. The molecule has 0 saturated heterocycles. The molecule has 2 aromatic heterocycles. The third-order valence-electron chi connectivity index (χ3n) is 2.39. The minimum absolute atomic E-state index is 0.755. The largest absolute Gasteiger partial charge is 0.311 e. The molecule has 5 nitrogen and oxygen atoms in total. The zero-order chi connectivity index (χ0) is 12.8. The van der Waals surface area contributed by atoms with E-state index in [2.05, 4.69) is 52.5 Å². The predicted octanol–water partition coefficient (Wildman–Crippen LogP) is 2.38. The first kappa shape index (κ1) is 13.6. The number of aromatic nitrogens is 4. The van der Waals surface area contributed by atoms with E-state index in [4.69, 9.17) is 0 Å². The Hall–Kier alpha value is -0.790. The summed E-state index contributed by atoms with van der Waals surface area (Å²) in [6.45, 7) is 2.55. The number of rotatable bonds is 6. The fourth-order valence-corrected chi connectivity index (χ4v) is 2.63. The maximum Gasteiger partial charge on any atom is 0.0692 e. The molecule has 1 N–H and O–H groups in total.